The number of fused-ring (bicyclic) bond motifs is 3. The second kappa shape index (κ2) is 6.59. The van der Waals surface area contributed by atoms with Crippen LogP contribution in [-0.4, -0.2) is 22.6 Å². The standard InChI is InChI=1S/C23H28N2O2/c1-23(2,3)18-12-6-4-9-15(18)20-17-11-8-14-25(22(26)27)21(17)16-10-5-7-13-19(16)24-20/h4-7,9-10,12-13,17,20-21,24H,8,11,14H2,1-3H3,(H,26,27)/t17-,20+,21+/m1/s1. The number of rotatable bonds is 1. The summed E-state index contributed by atoms with van der Waals surface area (Å²) < 4.78 is 0. The van der Waals surface area contributed by atoms with Crippen LogP contribution in [0.4, 0.5) is 10.5 Å². The number of carbonyl (C=O) groups is 1. The highest BCUT2D eigenvalue weighted by Gasteiger charge is 2.45. The molecule has 0 radical (unpaired) electrons. The minimum absolute atomic E-state index is 0.0336. The fourth-order valence-electron chi connectivity index (χ4n) is 4.91. The number of para-hydroxylation sites is 1. The van der Waals surface area contributed by atoms with Gasteiger partial charge in [-0.2, -0.15) is 0 Å². The smallest absolute Gasteiger partial charge is 0.407 e. The van der Waals surface area contributed by atoms with Crippen molar-refractivity contribution < 1.29 is 9.90 Å². The van der Waals surface area contributed by atoms with Gasteiger partial charge in [0.15, 0.2) is 0 Å². The van der Waals surface area contributed by atoms with Gasteiger partial charge < -0.3 is 15.3 Å². The van der Waals surface area contributed by atoms with Crippen molar-refractivity contribution in [3.8, 4) is 0 Å². The van der Waals surface area contributed by atoms with Crippen LogP contribution in [0.25, 0.3) is 0 Å². The monoisotopic (exact) mass is 364 g/mol. The van der Waals surface area contributed by atoms with Crippen molar-refractivity contribution >= 4 is 11.8 Å². The summed E-state index contributed by atoms with van der Waals surface area (Å²) in [6.45, 7) is 7.33. The van der Waals surface area contributed by atoms with Crippen molar-refractivity contribution in [3.05, 3.63) is 65.2 Å². The quantitative estimate of drug-likeness (QED) is 0.694. The number of anilines is 1. The van der Waals surface area contributed by atoms with Crippen molar-refractivity contribution in [1.82, 2.24) is 4.90 Å². The molecule has 0 aromatic heterocycles. The van der Waals surface area contributed by atoms with E-state index in [4.69, 9.17) is 0 Å². The molecule has 2 aliphatic rings. The van der Waals surface area contributed by atoms with Gasteiger partial charge in [-0.05, 0) is 41.0 Å². The van der Waals surface area contributed by atoms with Crippen molar-refractivity contribution in [2.45, 2.75) is 51.1 Å². The zero-order valence-electron chi connectivity index (χ0n) is 16.3. The summed E-state index contributed by atoms with van der Waals surface area (Å²) in [5, 5.41) is 13.6. The molecule has 4 heteroatoms. The maximum atomic E-state index is 12.0. The average molecular weight is 364 g/mol. The molecule has 2 aromatic rings. The van der Waals surface area contributed by atoms with E-state index in [0.717, 1.165) is 24.1 Å². The summed E-state index contributed by atoms with van der Waals surface area (Å²) >= 11 is 0. The molecule has 2 heterocycles. The molecule has 2 aromatic carbocycles. The van der Waals surface area contributed by atoms with Gasteiger partial charge in [0.25, 0.3) is 0 Å². The van der Waals surface area contributed by atoms with Crippen molar-refractivity contribution in [2.75, 3.05) is 11.9 Å². The van der Waals surface area contributed by atoms with Crippen LogP contribution in [0.5, 0.6) is 0 Å². The molecule has 1 fully saturated rings. The van der Waals surface area contributed by atoms with E-state index in [1.54, 1.807) is 4.90 Å². The van der Waals surface area contributed by atoms with Crippen LogP contribution < -0.4 is 5.32 Å². The molecule has 1 amide bonds. The number of hydrogen-bond donors (Lipinski definition) is 2. The topological polar surface area (TPSA) is 52.6 Å². The fourth-order valence-corrected chi connectivity index (χ4v) is 4.91. The van der Waals surface area contributed by atoms with Gasteiger partial charge in [-0.1, -0.05) is 63.2 Å². The molecule has 0 saturated carbocycles. The van der Waals surface area contributed by atoms with Crippen molar-refractivity contribution in [1.29, 1.82) is 0 Å². The lowest BCUT2D eigenvalue weighted by Gasteiger charge is -2.48. The number of benzene rings is 2. The minimum Gasteiger partial charge on any atom is -0.465 e. The van der Waals surface area contributed by atoms with E-state index in [1.807, 2.05) is 12.1 Å². The largest absolute Gasteiger partial charge is 0.465 e. The zero-order valence-corrected chi connectivity index (χ0v) is 16.3. The highest BCUT2D eigenvalue weighted by molar-refractivity contribution is 5.68. The first-order chi connectivity index (χ1) is 12.9. The predicted octanol–water partition coefficient (Wildman–Crippen LogP) is 5.58. The molecule has 3 atom stereocenters. The molecule has 27 heavy (non-hydrogen) atoms. The fraction of sp³-hybridized carbons (Fsp3) is 0.435. The van der Waals surface area contributed by atoms with Crippen LogP contribution in [0.2, 0.25) is 0 Å². The van der Waals surface area contributed by atoms with Gasteiger partial charge in [-0.3, -0.25) is 0 Å². The second-order valence-electron chi connectivity index (χ2n) is 8.77. The van der Waals surface area contributed by atoms with Gasteiger partial charge in [0, 0.05) is 18.2 Å². The van der Waals surface area contributed by atoms with E-state index in [1.165, 1.54) is 11.1 Å². The Labute approximate surface area is 161 Å². The molecule has 4 rings (SSSR count). The third kappa shape index (κ3) is 3.07. The lowest BCUT2D eigenvalue weighted by atomic mass is 9.71. The zero-order chi connectivity index (χ0) is 19.2. The number of nitrogens with one attached hydrogen (secondary N) is 1. The minimum atomic E-state index is -0.816. The number of likely N-dealkylation sites (tertiary alicyclic amines) is 1. The number of hydrogen-bond acceptors (Lipinski definition) is 2. The summed E-state index contributed by atoms with van der Waals surface area (Å²) in [6.07, 6.45) is 1.12. The van der Waals surface area contributed by atoms with Gasteiger partial charge in [0.2, 0.25) is 0 Å². The Morgan fingerprint density at radius 2 is 1.74 bits per heavy atom. The molecule has 142 valence electrons. The summed E-state index contributed by atoms with van der Waals surface area (Å²) in [7, 11) is 0. The van der Waals surface area contributed by atoms with E-state index in [-0.39, 0.29) is 23.4 Å². The van der Waals surface area contributed by atoms with Crippen LogP contribution in [0.3, 0.4) is 0 Å². The van der Waals surface area contributed by atoms with Crippen LogP contribution in [0, 0.1) is 5.92 Å². The Morgan fingerprint density at radius 1 is 1.07 bits per heavy atom. The normalized spacial score (nSPS) is 24.6. The molecule has 0 aliphatic carbocycles. The van der Waals surface area contributed by atoms with Gasteiger partial charge >= 0.3 is 6.09 Å². The van der Waals surface area contributed by atoms with Crippen molar-refractivity contribution in [2.24, 2.45) is 5.92 Å². The third-order valence-electron chi connectivity index (χ3n) is 6.05. The van der Waals surface area contributed by atoms with Gasteiger partial charge in [-0.15, -0.1) is 0 Å². The van der Waals surface area contributed by atoms with Crippen LogP contribution in [-0.2, 0) is 5.41 Å². The molecule has 0 bridgehead atoms. The lowest BCUT2D eigenvalue weighted by Crippen LogP contribution is -2.47. The highest BCUT2D eigenvalue weighted by atomic mass is 16.4. The average Bonchev–Trinajstić information content (AvgIpc) is 2.66. The molecule has 2 N–H and O–H groups in total. The van der Waals surface area contributed by atoms with Crippen LogP contribution in [0.1, 0.15) is 62.4 Å². The first-order valence-electron chi connectivity index (χ1n) is 9.82. The summed E-state index contributed by atoms with van der Waals surface area (Å²) in [4.78, 5) is 13.6. The maximum Gasteiger partial charge on any atom is 0.407 e. The van der Waals surface area contributed by atoms with Crippen LogP contribution >= 0.6 is 0 Å². The van der Waals surface area contributed by atoms with E-state index in [2.05, 4.69) is 62.5 Å². The maximum absolute atomic E-state index is 12.0. The molecule has 1 saturated heterocycles. The van der Waals surface area contributed by atoms with E-state index in [0.29, 0.717) is 6.54 Å². The van der Waals surface area contributed by atoms with Crippen molar-refractivity contribution in [3.63, 3.8) is 0 Å². The molecule has 0 unspecified atom stereocenters. The van der Waals surface area contributed by atoms with E-state index >= 15 is 0 Å². The Morgan fingerprint density at radius 3 is 2.44 bits per heavy atom. The van der Waals surface area contributed by atoms with Crippen LogP contribution in [0.15, 0.2) is 48.5 Å². The summed E-state index contributed by atoms with van der Waals surface area (Å²) in [5.41, 5.74) is 4.82. The Bertz CT molecular complexity index is 855. The number of nitrogens with zero attached hydrogens (tertiary/aromatic N) is 1. The first kappa shape index (κ1) is 17.9. The first-order valence-corrected chi connectivity index (χ1v) is 9.82. The molecule has 0 spiro atoms. The van der Waals surface area contributed by atoms with E-state index in [9.17, 15) is 9.90 Å². The van der Waals surface area contributed by atoms with E-state index < -0.39 is 6.09 Å². The molecule has 2 aliphatic heterocycles. The Kier molecular flexibility index (Phi) is 4.37. The number of amides is 1. The summed E-state index contributed by atoms with van der Waals surface area (Å²) in [5.74, 6) is 0.230. The molecule has 4 nitrogen and oxygen atoms in total. The van der Waals surface area contributed by atoms with Gasteiger partial charge in [0.1, 0.15) is 0 Å². The van der Waals surface area contributed by atoms with Gasteiger partial charge in [-0.25, -0.2) is 4.79 Å². The molecular weight excluding hydrogens is 336 g/mol. The third-order valence-corrected chi connectivity index (χ3v) is 6.05. The summed E-state index contributed by atoms with van der Waals surface area (Å²) in [6, 6.07) is 16.8. The molecular formula is C23H28N2O2. The Hall–Kier alpha value is -2.49. The number of carboxylic acid groups (broad SMARTS) is 1. The lowest BCUT2D eigenvalue weighted by molar-refractivity contribution is 0.0680. The SMILES string of the molecule is CC(C)(C)c1ccccc1[C@@H]1Nc2ccccc2[C@H]2[C@@H]1CCCN2C(=O)O. The number of piperidine rings is 1. The van der Waals surface area contributed by atoms with Gasteiger partial charge in [0.05, 0.1) is 12.1 Å². The Balaban J connectivity index is 1.86. The predicted molar refractivity (Wildman–Crippen MR) is 108 cm³/mol. The highest BCUT2D eigenvalue weighted by Crippen LogP contribution is 2.51. The second-order valence-corrected chi connectivity index (χ2v) is 8.77.